The highest BCUT2D eigenvalue weighted by molar-refractivity contribution is 6.31. The van der Waals surface area contributed by atoms with Crippen molar-refractivity contribution in [1.82, 2.24) is 29.7 Å². The summed E-state index contributed by atoms with van der Waals surface area (Å²) in [6.07, 6.45) is 2.01. The number of alkyl halides is 4. The van der Waals surface area contributed by atoms with Crippen LogP contribution in [0.3, 0.4) is 0 Å². The molecule has 3 aromatic rings. The molecule has 0 N–H and O–H groups in total. The van der Waals surface area contributed by atoms with Crippen molar-refractivity contribution in [3.8, 4) is 17.3 Å². The molecule has 2 bridgehead atoms. The number of rotatable bonds is 8. The van der Waals surface area contributed by atoms with Crippen LogP contribution >= 0.6 is 11.6 Å². The predicted molar refractivity (Wildman–Crippen MR) is 188 cm³/mol. The second kappa shape index (κ2) is 13.5. The molecule has 6 saturated heterocycles. The minimum Gasteiger partial charge on any atom is -0.461 e. The summed E-state index contributed by atoms with van der Waals surface area (Å²) in [5.74, 6) is -0.985. The molecule has 1 aromatic carbocycles. The first-order valence-electron chi connectivity index (χ1n) is 18.3. The molecule has 17 heteroatoms. The van der Waals surface area contributed by atoms with Gasteiger partial charge in [-0.3, -0.25) is 19.6 Å². The number of halogens is 6. The number of carbonyl (C=O) groups excluding carboxylic acids is 1. The quantitative estimate of drug-likeness (QED) is 0.232. The zero-order valence-electron chi connectivity index (χ0n) is 29.3. The van der Waals surface area contributed by atoms with Gasteiger partial charge in [0.25, 0.3) is 0 Å². The molecule has 8 heterocycles. The Hall–Kier alpha value is -3.70. The molecule has 0 aliphatic carbocycles. The van der Waals surface area contributed by atoms with Crippen molar-refractivity contribution in [2.75, 3.05) is 77.1 Å². The lowest BCUT2D eigenvalue weighted by atomic mass is 9.91. The normalized spacial score (nSPS) is 28.1. The molecular weight excluding hydrogens is 737 g/mol. The topological polar surface area (TPSA) is 96.4 Å². The fourth-order valence-electron chi connectivity index (χ4n) is 9.34. The molecule has 0 saturated carbocycles. The Morgan fingerprint density at radius 1 is 1.15 bits per heavy atom. The minimum atomic E-state index is -4.89. The number of fused-ring (bicyclic) bond motifs is 4. The van der Waals surface area contributed by atoms with Gasteiger partial charge >= 0.3 is 12.2 Å². The van der Waals surface area contributed by atoms with E-state index in [2.05, 4.69) is 19.8 Å². The summed E-state index contributed by atoms with van der Waals surface area (Å²) >= 11 is 5.99. The maximum absolute atomic E-state index is 16.7. The Morgan fingerprint density at radius 3 is 2.74 bits per heavy atom. The highest BCUT2D eigenvalue weighted by Crippen LogP contribution is 2.44. The van der Waals surface area contributed by atoms with Crippen molar-refractivity contribution in [2.45, 2.75) is 61.3 Å². The van der Waals surface area contributed by atoms with Gasteiger partial charge in [0.1, 0.15) is 35.3 Å². The number of anilines is 1. The second-order valence-electron chi connectivity index (χ2n) is 15.4. The number of nitrogens with zero attached hydrogens (tertiary/aromatic N) is 7. The van der Waals surface area contributed by atoms with Crippen LogP contribution in [0.4, 0.5) is 27.8 Å². The molecular formula is C37H39ClF5N7O4. The summed E-state index contributed by atoms with van der Waals surface area (Å²) < 4.78 is 91.4. The summed E-state index contributed by atoms with van der Waals surface area (Å²) in [6.45, 7) is 4.75. The number of amides is 1. The number of morpholine rings is 1. The number of ether oxygens (including phenoxy) is 3. The molecule has 2 aromatic heterocycles. The summed E-state index contributed by atoms with van der Waals surface area (Å²) in [7, 11) is 0. The fourth-order valence-corrected chi connectivity index (χ4v) is 9.62. The lowest BCUT2D eigenvalue weighted by Crippen LogP contribution is -2.72. The van der Waals surface area contributed by atoms with Gasteiger partial charge < -0.3 is 24.0 Å². The van der Waals surface area contributed by atoms with E-state index >= 15 is 4.39 Å². The first-order valence-corrected chi connectivity index (χ1v) is 18.7. The molecule has 6 fully saturated rings. The Labute approximate surface area is 313 Å². The number of hydrogen-bond acceptors (Lipinski definition) is 10. The van der Waals surface area contributed by atoms with Gasteiger partial charge in [-0.1, -0.05) is 29.8 Å². The van der Waals surface area contributed by atoms with Crippen LogP contribution in [0, 0.1) is 5.82 Å². The molecule has 54 heavy (non-hydrogen) atoms. The standard InChI is InChI=1S/C37H39ClF5N7O4/c38-27-5-1-4-25(29(27)37(41,42)43)31-30(40)32-26(14-44-31)33(46-34(45-32)54-21-35-7-3-9-49(35)15-22(39)13-35)48-10-11-50(36(18-48)19-52-20-36)28(51)6-2-8-47-16-24-12-23(47)17-53-24/h1-2,4-6,14,22-24H,3,7-13,15-21H2/b6-2+/t22-,23-,24-,35+/m1/s1. The van der Waals surface area contributed by atoms with Crippen LogP contribution in [0.15, 0.2) is 36.5 Å². The third kappa shape index (κ3) is 6.17. The van der Waals surface area contributed by atoms with Gasteiger partial charge in [-0.25, -0.2) is 8.78 Å². The van der Waals surface area contributed by atoms with Gasteiger partial charge in [-0.2, -0.15) is 23.1 Å². The first kappa shape index (κ1) is 36.0. The number of pyridine rings is 1. The van der Waals surface area contributed by atoms with Gasteiger partial charge in [-0.05, 0) is 31.9 Å². The summed E-state index contributed by atoms with van der Waals surface area (Å²) in [5, 5.41) is -0.437. The van der Waals surface area contributed by atoms with Gasteiger partial charge in [0.15, 0.2) is 5.82 Å². The Kier molecular flexibility index (Phi) is 8.99. The number of likely N-dealkylation sites (tertiary alicyclic amines) is 1. The predicted octanol–water partition coefficient (Wildman–Crippen LogP) is 4.91. The monoisotopic (exact) mass is 775 g/mol. The van der Waals surface area contributed by atoms with Crippen LogP contribution in [-0.2, 0) is 20.4 Å². The molecule has 9 rings (SSSR count). The van der Waals surface area contributed by atoms with E-state index in [1.807, 2.05) is 11.0 Å². The van der Waals surface area contributed by atoms with E-state index in [1.165, 1.54) is 12.3 Å². The van der Waals surface area contributed by atoms with E-state index < -0.39 is 51.1 Å². The maximum Gasteiger partial charge on any atom is 0.418 e. The summed E-state index contributed by atoms with van der Waals surface area (Å²) in [6, 6.07) is 3.68. The summed E-state index contributed by atoms with van der Waals surface area (Å²) in [5.41, 5.74) is -3.87. The Morgan fingerprint density at radius 2 is 2.00 bits per heavy atom. The smallest absolute Gasteiger partial charge is 0.418 e. The number of piperazine rings is 1. The zero-order valence-corrected chi connectivity index (χ0v) is 30.1. The van der Waals surface area contributed by atoms with Gasteiger partial charge in [0.05, 0.1) is 47.4 Å². The van der Waals surface area contributed by atoms with Gasteiger partial charge in [0.2, 0.25) is 5.91 Å². The van der Waals surface area contributed by atoms with E-state index in [1.54, 1.807) is 11.0 Å². The van der Waals surface area contributed by atoms with Crippen molar-refractivity contribution in [1.29, 1.82) is 0 Å². The molecule has 0 radical (unpaired) electrons. The Bertz CT molecular complexity index is 2000. The van der Waals surface area contributed by atoms with Crippen molar-refractivity contribution >= 4 is 34.2 Å². The minimum absolute atomic E-state index is 0.0582. The summed E-state index contributed by atoms with van der Waals surface area (Å²) in [4.78, 5) is 35.0. The van der Waals surface area contributed by atoms with Crippen molar-refractivity contribution < 1.29 is 41.0 Å². The third-order valence-corrected chi connectivity index (χ3v) is 12.3. The zero-order chi connectivity index (χ0) is 37.4. The largest absolute Gasteiger partial charge is 0.461 e. The molecule has 1 spiro atoms. The van der Waals surface area contributed by atoms with E-state index in [0.717, 1.165) is 38.1 Å². The molecule has 6 aliphatic heterocycles. The number of benzene rings is 1. The van der Waals surface area contributed by atoms with Crippen LogP contribution in [0.2, 0.25) is 5.02 Å². The van der Waals surface area contributed by atoms with Crippen LogP contribution in [0.5, 0.6) is 6.01 Å². The molecule has 4 atom stereocenters. The lowest BCUT2D eigenvalue weighted by molar-refractivity contribution is -0.164. The van der Waals surface area contributed by atoms with Crippen LogP contribution in [0.25, 0.3) is 22.2 Å². The number of hydrogen-bond donors (Lipinski definition) is 0. The van der Waals surface area contributed by atoms with Gasteiger partial charge in [0, 0.05) is 69.6 Å². The van der Waals surface area contributed by atoms with Crippen molar-refractivity contribution in [2.24, 2.45) is 0 Å². The molecule has 0 unspecified atom stereocenters. The van der Waals surface area contributed by atoms with E-state index in [4.69, 9.17) is 30.8 Å². The van der Waals surface area contributed by atoms with Crippen LogP contribution in [-0.4, -0.2) is 137 Å². The molecule has 288 valence electrons. The SMILES string of the molecule is O=C(/C=C/CN1C[C@H]2C[C@@H]1CO2)N1CCN(c2nc(OC[C@@]34CCCN3C[C@H](F)C4)nc3c(F)c(-c4cccc(Cl)c4C(F)(F)F)ncc23)CC12COC2. The average Bonchev–Trinajstić information content (AvgIpc) is 3.91. The highest BCUT2D eigenvalue weighted by Gasteiger charge is 2.51. The van der Waals surface area contributed by atoms with Crippen molar-refractivity contribution in [3.05, 3.63) is 53.0 Å². The number of carbonyl (C=O) groups is 1. The first-order chi connectivity index (χ1) is 25.9. The third-order valence-electron chi connectivity index (χ3n) is 12.0. The fraction of sp³-hybridized carbons (Fsp3) is 0.568. The van der Waals surface area contributed by atoms with Crippen molar-refractivity contribution in [3.63, 3.8) is 0 Å². The van der Waals surface area contributed by atoms with Crippen LogP contribution < -0.4 is 9.64 Å². The second-order valence-corrected chi connectivity index (χ2v) is 15.8. The molecule has 6 aliphatic rings. The van der Waals surface area contributed by atoms with E-state index in [9.17, 15) is 22.4 Å². The van der Waals surface area contributed by atoms with Gasteiger partial charge in [-0.15, -0.1) is 0 Å². The van der Waals surface area contributed by atoms with Crippen LogP contribution in [0.1, 0.15) is 31.2 Å². The number of aromatic nitrogens is 3. The van der Waals surface area contributed by atoms with E-state index in [-0.39, 0.29) is 67.5 Å². The molecule has 11 nitrogen and oxygen atoms in total. The Balaban J connectivity index is 1.04. The van der Waals surface area contributed by atoms with E-state index in [0.29, 0.717) is 45.2 Å². The average molecular weight is 776 g/mol. The highest BCUT2D eigenvalue weighted by atomic mass is 35.5. The maximum atomic E-state index is 16.7. The molecule has 1 amide bonds. The lowest BCUT2D eigenvalue weighted by Gasteiger charge is -2.55.